The van der Waals surface area contributed by atoms with Crippen LogP contribution in [0.3, 0.4) is 0 Å². The van der Waals surface area contributed by atoms with Gasteiger partial charge in [0.2, 0.25) is 11.8 Å². The number of aryl methyl sites for hydroxylation is 1. The van der Waals surface area contributed by atoms with E-state index in [1.165, 1.54) is 26.4 Å². The van der Waals surface area contributed by atoms with Gasteiger partial charge in [-0.3, -0.25) is 4.79 Å². The van der Waals surface area contributed by atoms with Crippen LogP contribution in [0.2, 0.25) is 0 Å². The summed E-state index contributed by atoms with van der Waals surface area (Å²) in [5.41, 5.74) is -0.409. The molecule has 2 aliphatic carbocycles. The first-order chi connectivity index (χ1) is 14.0. The molecule has 0 unspecified atom stereocenters. The van der Waals surface area contributed by atoms with Gasteiger partial charge in [-0.25, -0.2) is 4.79 Å². The monoisotopic (exact) mass is 405 g/mol. The predicted molar refractivity (Wildman–Crippen MR) is 104 cm³/mol. The Morgan fingerprint density at radius 3 is 2.69 bits per heavy atom. The predicted octanol–water partition coefficient (Wildman–Crippen LogP) is 1.51. The summed E-state index contributed by atoms with van der Waals surface area (Å²) in [6, 6.07) is 0.209. The Kier molecular flexibility index (Phi) is 5.76. The maximum Gasteiger partial charge on any atom is 0.315 e. The standard InChI is InChI=1S/C20H31N5O4/c1-13-21-18(29-24-13)20-9-16(23-19(27)22-15-6-4-3-5-7-15)8-14(20)10-25(12-20)17(26)11-28-2/h14-16H,3-12H2,1-2H3,(H2,22,23,27)/t14-,16+,20-/m0/s1. The van der Waals surface area contributed by atoms with Crippen molar-refractivity contribution >= 4 is 11.9 Å². The van der Waals surface area contributed by atoms with Gasteiger partial charge >= 0.3 is 6.03 Å². The maximum absolute atomic E-state index is 12.5. The van der Waals surface area contributed by atoms with Gasteiger partial charge in [-0.15, -0.1) is 0 Å². The van der Waals surface area contributed by atoms with Crippen molar-refractivity contribution in [2.24, 2.45) is 5.92 Å². The zero-order valence-corrected chi connectivity index (χ0v) is 17.3. The molecule has 1 saturated heterocycles. The average Bonchev–Trinajstić information content (AvgIpc) is 3.35. The van der Waals surface area contributed by atoms with Crippen molar-refractivity contribution in [2.45, 2.75) is 69.4 Å². The number of likely N-dealkylation sites (tertiary alicyclic amines) is 1. The van der Waals surface area contributed by atoms with E-state index < -0.39 is 5.41 Å². The van der Waals surface area contributed by atoms with Crippen LogP contribution in [0.5, 0.6) is 0 Å². The van der Waals surface area contributed by atoms with Crippen molar-refractivity contribution in [3.8, 4) is 0 Å². The quantitative estimate of drug-likeness (QED) is 0.769. The third-order valence-electron chi connectivity index (χ3n) is 6.72. The summed E-state index contributed by atoms with van der Waals surface area (Å²) < 4.78 is 10.6. The number of carbonyl (C=O) groups is 2. The highest BCUT2D eigenvalue weighted by Crippen LogP contribution is 2.50. The molecule has 1 aliphatic heterocycles. The molecule has 0 bridgehead atoms. The number of carbonyl (C=O) groups excluding carboxylic acids is 2. The lowest BCUT2D eigenvalue weighted by molar-refractivity contribution is -0.134. The number of methoxy groups -OCH3 is 1. The smallest absolute Gasteiger partial charge is 0.315 e. The normalized spacial score (nSPS) is 29.7. The van der Waals surface area contributed by atoms with E-state index in [1.54, 1.807) is 6.92 Å². The number of nitrogens with zero attached hydrogens (tertiary/aromatic N) is 3. The van der Waals surface area contributed by atoms with E-state index in [4.69, 9.17) is 9.26 Å². The van der Waals surface area contributed by atoms with E-state index in [9.17, 15) is 9.59 Å². The second-order valence-electron chi connectivity index (χ2n) is 8.80. The van der Waals surface area contributed by atoms with Gasteiger partial charge in [-0.1, -0.05) is 24.4 Å². The molecule has 3 fully saturated rings. The second-order valence-corrected chi connectivity index (χ2v) is 8.80. The molecular weight excluding hydrogens is 374 g/mol. The summed E-state index contributed by atoms with van der Waals surface area (Å²) in [7, 11) is 1.52. The first-order valence-electron chi connectivity index (χ1n) is 10.6. The number of amides is 3. The number of hydrogen-bond acceptors (Lipinski definition) is 6. The van der Waals surface area contributed by atoms with E-state index in [2.05, 4.69) is 20.8 Å². The minimum atomic E-state index is -0.409. The molecule has 4 rings (SSSR count). The highest BCUT2D eigenvalue weighted by atomic mass is 16.5. The number of ether oxygens (including phenoxy) is 1. The van der Waals surface area contributed by atoms with Crippen LogP contribution in [-0.2, 0) is 14.9 Å². The van der Waals surface area contributed by atoms with Gasteiger partial charge in [0, 0.05) is 32.3 Å². The molecule has 1 aromatic rings. The largest absolute Gasteiger partial charge is 0.375 e. The molecular formula is C20H31N5O4. The van der Waals surface area contributed by atoms with Gasteiger partial charge in [0.05, 0.1) is 5.41 Å². The van der Waals surface area contributed by atoms with Gasteiger partial charge in [0.1, 0.15) is 6.61 Å². The SMILES string of the molecule is COCC(=O)N1C[C@@H]2C[C@@H](NC(=O)NC3CCCCC3)C[C@]2(c2nc(C)no2)C1. The zero-order chi connectivity index (χ0) is 20.4. The van der Waals surface area contributed by atoms with Crippen LogP contribution < -0.4 is 10.6 Å². The van der Waals surface area contributed by atoms with Crippen molar-refractivity contribution in [3.05, 3.63) is 11.7 Å². The fourth-order valence-corrected chi connectivity index (χ4v) is 5.38. The van der Waals surface area contributed by atoms with E-state index >= 15 is 0 Å². The van der Waals surface area contributed by atoms with Crippen LogP contribution in [0.15, 0.2) is 4.52 Å². The summed E-state index contributed by atoms with van der Waals surface area (Å²) in [6.07, 6.45) is 7.22. The number of aromatic nitrogens is 2. The zero-order valence-electron chi connectivity index (χ0n) is 17.3. The Balaban J connectivity index is 1.44. The van der Waals surface area contributed by atoms with Crippen LogP contribution in [0.25, 0.3) is 0 Å². The fourth-order valence-electron chi connectivity index (χ4n) is 5.38. The molecule has 1 aromatic heterocycles. The Labute approximate surface area is 170 Å². The van der Waals surface area contributed by atoms with Crippen molar-refractivity contribution in [3.63, 3.8) is 0 Å². The molecule has 2 saturated carbocycles. The third-order valence-corrected chi connectivity index (χ3v) is 6.72. The molecule has 0 radical (unpaired) electrons. The van der Waals surface area contributed by atoms with Crippen LogP contribution in [0, 0.1) is 12.8 Å². The molecule has 3 atom stereocenters. The minimum absolute atomic E-state index is 0.0236. The molecule has 2 heterocycles. The van der Waals surface area contributed by atoms with E-state index in [1.807, 2.05) is 4.90 Å². The topological polar surface area (TPSA) is 110 Å². The Morgan fingerprint density at radius 2 is 2.00 bits per heavy atom. The molecule has 9 nitrogen and oxygen atoms in total. The average molecular weight is 405 g/mol. The molecule has 3 aliphatic rings. The van der Waals surface area contributed by atoms with Gasteiger partial charge in [0.25, 0.3) is 0 Å². The molecule has 3 amide bonds. The number of hydrogen-bond donors (Lipinski definition) is 2. The number of nitrogens with one attached hydrogen (secondary N) is 2. The highest BCUT2D eigenvalue weighted by molar-refractivity contribution is 5.78. The third kappa shape index (κ3) is 4.10. The Hall–Kier alpha value is -2.16. The van der Waals surface area contributed by atoms with Crippen LogP contribution in [-0.4, -0.2) is 65.9 Å². The maximum atomic E-state index is 12.5. The molecule has 0 aromatic carbocycles. The summed E-state index contributed by atoms with van der Waals surface area (Å²) >= 11 is 0. The summed E-state index contributed by atoms with van der Waals surface area (Å²) in [5.74, 6) is 1.30. The lowest BCUT2D eigenvalue weighted by atomic mass is 9.80. The van der Waals surface area contributed by atoms with E-state index in [-0.39, 0.29) is 36.5 Å². The van der Waals surface area contributed by atoms with Crippen LogP contribution in [0.4, 0.5) is 4.79 Å². The lowest BCUT2D eigenvalue weighted by Gasteiger charge is -2.26. The summed E-state index contributed by atoms with van der Waals surface area (Å²) in [4.78, 5) is 31.2. The van der Waals surface area contributed by atoms with Crippen molar-refractivity contribution in [1.82, 2.24) is 25.7 Å². The first-order valence-corrected chi connectivity index (χ1v) is 10.6. The van der Waals surface area contributed by atoms with E-state index in [0.29, 0.717) is 31.2 Å². The highest BCUT2D eigenvalue weighted by Gasteiger charge is 2.58. The van der Waals surface area contributed by atoms with Crippen LogP contribution in [0.1, 0.15) is 56.7 Å². The molecule has 29 heavy (non-hydrogen) atoms. The minimum Gasteiger partial charge on any atom is -0.375 e. The Morgan fingerprint density at radius 1 is 1.24 bits per heavy atom. The molecule has 160 valence electrons. The second kappa shape index (κ2) is 8.30. The van der Waals surface area contributed by atoms with Crippen molar-refractivity contribution in [1.29, 1.82) is 0 Å². The van der Waals surface area contributed by atoms with Crippen molar-refractivity contribution in [2.75, 3.05) is 26.8 Å². The molecule has 9 heteroatoms. The first kappa shape index (κ1) is 20.1. The number of urea groups is 1. The van der Waals surface area contributed by atoms with Gasteiger partial charge < -0.3 is 24.8 Å². The summed E-state index contributed by atoms with van der Waals surface area (Å²) in [6.45, 7) is 3.00. The lowest BCUT2D eigenvalue weighted by Crippen LogP contribution is -2.47. The van der Waals surface area contributed by atoms with Crippen LogP contribution >= 0.6 is 0 Å². The van der Waals surface area contributed by atoms with Gasteiger partial charge in [-0.05, 0) is 38.5 Å². The summed E-state index contributed by atoms with van der Waals surface area (Å²) in [5, 5.41) is 10.3. The Bertz CT molecular complexity index is 747. The number of fused-ring (bicyclic) bond motifs is 1. The number of rotatable bonds is 5. The van der Waals surface area contributed by atoms with Gasteiger partial charge in [-0.2, -0.15) is 4.98 Å². The fraction of sp³-hybridized carbons (Fsp3) is 0.800. The molecule has 2 N–H and O–H groups in total. The molecule has 0 spiro atoms. The van der Waals surface area contributed by atoms with E-state index in [0.717, 1.165) is 19.3 Å². The van der Waals surface area contributed by atoms with Crippen molar-refractivity contribution < 1.29 is 18.8 Å². The van der Waals surface area contributed by atoms with Gasteiger partial charge in [0.15, 0.2) is 5.82 Å².